The number of rotatable bonds is 3. The topological polar surface area (TPSA) is 17.1 Å². The second kappa shape index (κ2) is 5.20. The summed E-state index contributed by atoms with van der Waals surface area (Å²) in [5, 5.41) is 1.13. The van der Waals surface area contributed by atoms with Gasteiger partial charge in [-0.05, 0) is 23.1 Å². The molecule has 1 aromatic carbocycles. The summed E-state index contributed by atoms with van der Waals surface area (Å²) in [7, 11) is 0. The highest BCUT2D eigenvalue weighted by Gasteiger charge is 2.18. The van der Waals surface area contributed by atoms with E-state index in [1.54, 1.807) is 18.2 Å². The molecule has 0 heterocycles. The van der Waals surface area contributed by atoms with Crippen LogP contribution in [0, 0.1) is 5.41 Å². The first-order valence-corrected chi connectivity index (χ1v) is 6.00. The summed E-state index contributed by atoms with van der Waals surface area (Å²) in [4.78, 5) is 11.8. The highest BCUT2D eigenvalue weighted by molar-refractivity contribution is 6.36. The van der Waals surface area contributed by atoms with Gasteiger partial charge in [0.25, 0.3) is 0 Å². The molecule has 0 aromatic heterocycles. The number of halogens is 2. The zero-order valence-corrected chi connectivity index (χ0v) is 11.3. The molecule has 0 amide bonds. The zero-order chi connectivity index (χ0) is 12.3. The van der Waals surface area contributed by atoms with E-state index in [9.17, 15) is 4.79 Å². The van der Waals surface area contributed by atoms with Gasteiger partial charge in [0.15, 0.2) is 0 Å². The molecule has 0 saturated heterocycles. The smallest absolute Gasteiger partial charge is 0.137 e. The van der Waals surface area contributed by atoms with E-state index in [4.69, 9.17) is 23.2 Å². The third-order valence-corrected chi connectivity index (χ3v) is 2.87. The first kappa shape index (κ1) is 13.5. The number of Topliss-reactive ketones (excluding diaryl/α,β-unsaturated/α-hetero) is 1. The maximum absolute atomic E-state index is 11.8. The lowest BCUT2D eigenvalue weighted by atomic mass is 9.88. The van der Waals surface area contributed by atoms with Gasteiger partial charge in [-0.15, -0.1) is 0 Å². The number of ketones is 1. The first-order valence-electron chi connectivity index (χ1n) is 5.24. The van der Waals surface area contributed by atoms with Gasteiger partial charge < -0.3 is 0 Å². The van der Waals surface area contributed by atoms with Crippen molar-refractivity contribution in [3.63, 3.8) is 0 Å². The van der Waals surface area contributed by atoms with Gasteiger partial charge in [0.05, 0.1) is 0 Å². The molecule has 0 aliphatic carbocycles. The van der Waals surface area contributed by atoms with Crippen molar-refractivity contribution in [3.05, 3.63) is 33.8 Å². The molecule has 0 radical (unpaired) electrons. The van der Waals surface area contributed by atoms with E-state index in [2.05, 4.69) is 0 Å². The van der Waals surface area contributed by atoms with Gasteiger partial charge in [-0.3, -0.25) is 4.79 Å². The van der Waals surface area contributed by atoms with Gasteiger partial charge >= 0.3 is 0 Å². The first-order chi connectivity index (χ1) is 7.29. The second-order valence-electron chi connectivity index (χ2n) is 5.15. The van der Waals surface area contributed by atoms with Crippen molar-refractivity contribution in [1.82, 2.24) is 0 Å². The van der Waals surface area contributed by atoms with Gasteiger partial charge in [-0.25, -0.2) is 0 Å². The molecule has 1 nitrogen and oxygen atoms in total. The number of hydrogen-bond donors (Lipinski definition) is 0. The van der Waals surface area contributed by atoms with Gasteiger partial charge in [0.1, 0.15) is 5.78 Å². The van der Waals surface area contributed by atoms with Crippen LogP contribution in [0.4, 0.5) is 0 Å². The molecule has 0 unspecified atom stereocenters. The monoisotopic (exact) mass is 258 g/mol. The fraction of sp³-hybridized carbons (Fsp3) is 0.462. The lowest BCUT2D eigenvalue weighted by Crippen LogP contribution is -2.15. The van der Waals surface area contributed by atoms with Gasteiger partial charge in [0.2, 0.25) is 0 Å². The van der Waals surface area contributed by atoms with Crippen LogP contribution in [0.1, 0.15) is 32.8 Å². The van der Waals surface area contributed by atoms with E-state index in [0.717, 1.165) is 5.56 Å². The molecule has 0 aliphatic rings. The van der Waals surface area contributed by atoms with Gasteiger partial charge in [-0.2, -0.15) is 0 Å². The third kappa shape index (κ3) is 4.15. The van der Waals surface area contributed by atoms with E-state index in [1.807, 2.05) is 20.8 Å². The van der Waals surface area contributed by atoms with Crippen LogP contribution in [0.2, 0.25) is 10.0 Å². The predicted octanol–water partition coefficient (Wildman–Crippen LogP) is 4.54. The van der Waals surface area contributed by atoms with Crippen LogP contribution in [0.5, 0.6) is 0 Å². The highest BCUT2D eigenvalue weighted by Crippen LogP contribution is 2.27. The minimum absolute atomic E-state index is 0.00478. The SMILES string of the molecule is CC(C)(C)CC(=O)Cc1c(Cl)cccc1Cl. The van der Waals surface area contributed by atoms with Crippen molar-refractivity contribution in [1.29, 1.82) is 0 Å². The summed E-state index contributed by atoms with van der Waals surface area (Å²) in [6.07, 6.45) is 0.852. The Balaban J connectivity index is 2.78. The molecule has 0 atom stereocenters. The van der Waals surface area contributed by atoms with Crippen LogP contribution in [-0.2, 0) is 11.2 Å². The minimum Gasteiger partial charge on any atom is -0.299 e. The van der Waals surface area contributed by atoms with Gasteiger partial charge in [-0.1, -0.05) is 50.0 Å². The van der Waals surface area contributed by atoms with Crippen LogP contribution in [-0.4, -0.2) is 5.78 Å². The fourth-order valence-corrected chi connectivity index (χ4v) is 2.08. The van der Waals surface area contributed by atoms with E-state index in [-0.39, 0.29) is 11.2 Å². The van der Waals surface area contributed by atoms with Crippen molar-refractivity contribution in [2.24, 2.45) is 5.41 Å². The van der Waals surface area contributed by atoms with Crippen LogP contribution >= 0.6 is 23.2 Å². The van der Waals surface area contributed by atoms with Crippen LogP contribution < -0.4 is 0 Å². The van der Waals surface area contributed by atoms with Crippen molar-refractivity contribution in [2.45, 2.75) is 33.6 Å². The van der Waals surface area contributed by atoms with E-state index < -0.39 is 0 Å². The third-order valence-electron chi connectivity index (χ3n) is 2.16. The number of carbonyl (C=O) groups is 1. The molecule has 0 spiro atoms. The summed E-state index contributed by atoms with van der Waals surface area (Å²) in [6.45, 7) is 6.12. The quantitative estimate of drug-likeness (QED) is 0.778. The number of carbonyl (C=O) groups excluding carboxylic acids is 1. The fourth-order valence-electron chi connectivity index (χ4n) is 1.55. The summed E-state index contributed by atoms with van der Waals surface area (Å²) >= 11 is 12.0. The number of benzene rings is 1. The van der Waals surface area contributed by atoms with E-state index in [0.29, 0.717) is 22.9 Å². The molecule has 88 valence electrons. The molecular formula is C13H16Cl2O. The Bertz CT molecular complexity index is 371. The maximum Gasteiger partial charge on any atom is 0.137 e. The van der Waals surface area contributed by atoms with Crippen LogP contribution in [0.15, 0.2) is 18.2 Å². The van der Waals surface area contributed by atoms with E-state index in [1.165, 1.54) is 0 Å². The standard InChI is InChI=1S/C13H16Cl2O/c1-13(2,3)8-9(16)7-10-11(14)5-4-6-12(10)15/h4-6H,7-8H2,1-3H3. The molecule has 1 rings (SSSR count). The molecular weight excluding hydrogens is 243 g/mol. The van der Waals surface area contributed by atoms with Crippen molar-refractivity contribution < 1.29 is 4.79 Å². The van der Waals surface area contributed by atoms with E-state index >= 15 is 0 Å². The maximum atomic E-state index is 11.8. The molecule has 0 aliphatic heterocycles. The summed E-state index contributed by atoms with van der Waals surface area (Å²) < 4.78 is 0. The Hall–Kier alpha value is -0.530. The molecule has 0 N–H and O–H groups in total. The Morgan fingerprint density at radius 1 is 1.19 bits per heavy atom. The lowest BCUT2D eigenvalue weighted by Gasteiger charge is -2.17. The molecule has 1 aromatic rings. The zero-order valence-electron chi connectivity index (χ0n) is 9.81. The Morgan fingerprint density at radius 3 is 2.12 bits per heavy atom. The molecule has 3 heteroatoms. The van der Waals surface area contributed by atoms with Crippen molar-refractivity contribution in [2.75, 3.05) is 0 Å². The normalized spacial score (nSPS) is 11.6. The Kier molecular flexibility index (Phi) is 4.40. The van der Waals surface area contributed by atoms with Crippen molar-refractivity contribution >= 4 is 29.0 Å². The summed E-state index contributed by atoms with van der Waals surface area (Å²) in [5.74, 6) is 0.169. The summed E-state index contributed by atoms with van der Waals surface area (Å²) in [6, 6.07) is 5.29. The average molecular weight is 259 g/mol. The molecule has 0 bridgehead atoms. The van der Waals surface area contributed by atoms with Crippen molar-refractivity contribution in [3.8, 4) is 0 Å². The Morgan fingerprint density at radius 2 is 1.69 bits per heavy atom. The highest BCUT2D eigenvalue weighted by atomic mass is 35.5. The molecule has 16 heavy (non-hydrogen) atoms. The predicted molar refractivity (Wildman–Crippen MR) is 69.2 cm³/mol. The molecule has 0 fully saturated rings. The number of hydrogen-bond acceptors (Lipinski definition) is 1. The van der Waals surface area contributed by atoms with Crippen LogP contribution in [0.25, 0.3) is 0 Å². The lowest BCUT2D eigenvalue weighted by molar-refractivity contribution is -0.120. The average Bonchev–Trinajstić information content (AvgIpc) is 2.08. The second-order valence-corrected chi connectivity index (χ2v) is 5.97. The minimum atomic E-state index is 0.00478. The molecule has 0 saturated carbocycles. The van der Waals surface area contributed by atoms with Crippen LogP contribution in [0.3, 0.4) is 0 Å². The Labute approximate surface area is 107 Å². The van der Waals surface area contributed by atoms with Gasteiger partial charge in [0, 0.05) is 22.9 Å². The largest absolute Gasteiger partial charge is 0.299 e. The summed E-state index contributed by atoms with van der Waals surface area (Å²) in [5.41, 5.74) is 0.741.